The number of nitrogens with zero attached hydrogens (tertiary/aromatic N) is 1. The van der Waals surface area contributed by atoms with Gasteiger partial charge in [-0.05, 0) is 36.4 Å². The molecule has 1 aliphatic rings. The van der Waals surface area contributed by atoms with Gasteiger partial charge in [0.25, 0.3) is 5.91 Å². The lowest BCUT2D eigenvalue weighted by molar-refractivity contribution is -0.137. The normalized spacial score (nSPS) is 14.0. The topological polar surface area (TPSA) is 97.4 Å². The summed E-state index contributed by atoms with van der Waals surface area (Å²) in [6.45, 7) is -0.293. The van der Waals surface area contributed by atoms with Crippen LogP contribution in [0.15, 0.2) is 53.6 Å². The second-order valence-electron chi connectivity index (χ2n) is 6.91. The fraction of sp³-hybridized carbons (Fsp3) is 0.0952. The monoisotopic (exact) mass is 529 g/mol. The van der Waals surface area contributed by atoms with Crippen LogP contribution in [-0.4, -0.2) is 27.5 Å². The van der Waals surface area contributed by atoms with Crippen LogP contribution in [0.2, 0.25) is 10.0 Å². The number of anilines is 2. The van der Waals surface area contributed by atoms with Gasteiger partial charge in [0.05, 0.1) is 37.4 Å². The summed E-state index contributed by atoms with van der Waals surface area (Å²) in [4.78, 5) is 28.6. The zero-order valence-electron chi connectivity index (χ0n) is 16.7. The number of fused-ring (bicyclic) bond motifs is 1. The van der Waals surface area contributed by atoms with Gasteiger partial charge in [0, 0.05) is 6.20 Å². The third-order valence-corrected chi connectivity index (χ3v) is 6.23. The number of para-hydroxylation sites is 1. The van der Waals surface area contributed by atoms with Gasteiger partial charge in [-0.1, -0.05) is 29.3 Å². The molecular weight excluding hydrogens is 518 g/mol. The summed E-state index contributed by atoms with van der Waals surface area (Å²) in [5.41, 5.74) is -1.10. The number of carbonyl (C=O) groups excluding carboxylic acids is 2. The molecule has 1 unspecified atom stereocenters. The molecule has 2 aromatic carbocycles. The first kappa shape index (κ1) is 24.0. The maximum atomic E-state index is 13.3. The molecule has 2 N–H and O–H groups in total. The van der Waals surface area contributed by atoms with Crippen molar-refractivity contribution in [1.29, 1.82) is 0 Å². The molecule has 0 saturated heterocycles. The molecule has 4 rings (SSSR count). The highest BCUT2D eigenvalue weighted by atomic mass is 35.5. The second kappa shape index (κ2) is 9.24. The van der Waals surface area contributed by atoms with Crippen LogP contribution in [0.1, 0.15) is 21.6 Å². The van der Waals surface area contributed by atoms with Crippen molar-refractivity contribution in [3.8, 4) is 5.75 Å². The average molecular weight is 530 g/mol. The van der Waals surface area contributed by atoms with Crippen molar-refractivity contribution < 1.29 is 31.7 Å². The standard InChI is InChI=1S/C21H12Cl2F3N3O4S/c22-10-6-16(29-34(32)11-4-5-14(23)13(7-11)21(24,25)26)18(27-8-10)19(31)12-2-1-3-15-20(12)33-9-17(30)28-15/h1-8,29H,9H2,(H,28,30). The molecule has 1 aliphatic heterocycles. The Morgan fingerprint density at radius 2 is 1.94 bits per heavy atom. The highest BCUT2D eigenvalue weighted by Crippen LogP contribution is 2.37. The summed E-state index contributed by atoms with van der Waals surface area (Å²) in [6, 6.07) is 8.56. The maximum absolute atomic E-state index is 13.3. The number of benzene rings is 2. The van der Waals surface area contributed by atoms with Crippen LogP contribution in [0, 0.1) is 0 Å². The Morgan fingerprint density at radius 1 is 1.18 bits per heavy atom. The molecule has 1 amide bonds. The number of hydrogen-bond acceptors (Lipinski definition) is 5. The number of ether oxygens (including phenoxy) is 1. The Balaban J connectivity index is 1.69. The van der Waals surface area contributed by atoms with Gasteiger partial charge in [-0.2, -0.15) is 13.2 Å². The minimum Gasteiger partial charge on any atom is -0.481 e. The van der Waals surface area contributed by atoms with E-state index in [1.807, 2.05) is 0 Å². The first-order valence-corrected chi connectivity index (χ1v) is 11.3. The van der Waals surface area contributed by atoms with Crippen molar-refractivity contribution >= 4 is 57.3 Å². The SMILES string of the molecule is O=C1COc2c(cccc2C(=O)c2ncc(Cl)cc2NS(=O)c2ccc(Cl)c(C(F)(F)F)c2)N1. The summed E-state index contributed by atoms with van der Waals surface area (Å²) in [7, 11) is -2.23. The van der Waals surface area contributed by atoms with Gasteiger partial charge in [0.1, 0.15) is 16.7 Å². The highest BCUT2D eigenvalue weighted by Gasteiger charge is 2.34. The maximum Gasteiger partial charge on any atom is 0.417 e. The van der Waals surface area contributed by atoms with Crippen molar-refractivity contribution in [3.05, 3.63) is 75.5 Å². The molecule has 0 bridgehead atoms. The Hall–Kier alpha value is -3.15. The fourth-order valence-corrected chi connectivity index (χ4v) is 4.39. The number of nitrogens with one attached hydrogen (secondary N) is 2. The van der Waals surface area contributed by atoms with Crippen molar-refractivity contribution in [2.24, 2.45) is 0 Å². The van der Waals surface area contributed by atoms with Crippen LogP contribution in [0.4, 0.5) is 24.5 Å². The Kier molecular flexibility index (Phi) is 6.52. The number of pyridine rings is 1. The Bertz CT molecular complexity index is 1350. The number of hydrogen-bond donors (Lipinski definition) is 2. The second-order valence-corrected chi connectivity index (χ2v) is 8.96. The van der Waals surface area contributed by atoms with Crippen LogP contribution < -0.4 is 14.8 Å². The lowest BCUT2D eigenvalue weighted by Gasteiger charge is -2.20. The Labute approximate surface area is 202 Å². The van der Waals surface area contributed by atoms with E-state index in [2.05, 4.69) is 15.0 Å². The van der Waals surface area contributed by atoms with Gasteiger partial charge in [-0.3, -0.25) is 14.3 Å². The van der Waals surface area contributed by atoms with Gasteiger partial charge >= 0.3 is 6.18 Å². The van der Waals surface area contributed by atoms with E-state index in [1.54, 1.807) is 6.07 Å². The van der Waals surface area contributed by atoms with Crippen LogP contribution in [0.25, 0.3) is 0 Å². The van der Waals surface area contributed by atoms with E-state index in [1.165, 1.54) is 24.4 Å². The molecule has 3 aromatic rings. The zero-order chi connectivity index (χ0) is 24.6. The van der Waals surface area contributed by atoms with E-state index in [4.69, 9.17) is 27.9 Å². The largest absolute Gasteiger partial charge is 0.481 e. The van der Waals surface area contributed by atoms with Gasteiger partial charge in [0.2, 0.25) is 5.78 Å². The molecule has 0 saturated carbocycles. The van der Waals surface area contributed by atoms with Crippen molar-refractivity contribution in [3.63, 3.8) is 0 Å². The first-order chi connectivity index (χ1) is 16.0. The molecule has 1 aromatic heterocycles. The van der Waals surface area contributed by atoms with E-state index in [0.29, 0.717) is 6.07 Å². The number of alkyl halides is 3. The number of rotatable bonds is 5. The average Bonchev–Trinajstić information content (AvgIpc) is 2.77. The number of amides is 1. The summed E-state index contributed by atoms with van der Waals surface area (Å²) in [6.07, 6.45) is -3.57. The number of carbonyl (C=O) groups is 2. The predicted molar refractivity (Wildman–Crippen MR) is 120 cm³/mol. The van der Waals surface area contributed by atoms with Gasteiger partial charge < -0.3 is 10.1 Å². The highest BCUT2D eigenvalue weighted by molar-refractivity contribution is 7.86. The smallest absolute Gasteiger partial charge is 0.417 e. The quantitative estimate of drug-likeness (QED) is 0.448. The summed E-state index contributed by atoms with van der Waals surface area (Å²) < 4.78 is 60.2. The summed E-state index contributed by atoms with van der Waals surface area (Å²) in [5, 5.41) is 2.12. The molecule has 0 spiro atoms. The fourth-order valence-electron chi connectivity index (χ4n) is 3.12. The lowest BCUT2D eigenvalue weighted by atomic mass is 10.0. The van der Waals surface area contributed by atoms with Crippen LogP contribution >= 0.6 is 23.2 Å². The van der Waals surface area contributed by atoms with E-state index in [-0.39, 0.29) is 50.8 Å². The molecule has 1 atom stereocenters. The minimum atomic E-state index is -4.75. The number of halogens is 5. The minimum absolute atomic E-state index is 0.0620. The summed E-state index contributed by atoms with van der Waals surface area (Å²) in [5.74, 6) is -0.916. The lowest BCUT2D eigenvalue weighted by Crippen LogP contribution is -2.26. The molecule has 0 radical (unpaired) electrons. The molecule has 176 valence electrons. The zero-order valence-corrected chi connectivity index (χ0v) is 19.0. The predicted octanol–water partition coefficient (Wildman–Crippen LogP) is 5.10. The molecule has 13 heteroatoms. The van der Waals surface area contributed by atoms with Crippen LogP contribution in [-0.2, 0) is 22.0 Å². The third kappa shape index (κ3) is 4.86. The molecule has 2 heterocycles. The summed E-state index contributed by atoms with van der Waals surface area (Å²) >= 11 is 11.6. The van der Waals surface area contributed by atoms with E-state index in [9.17, 15) is 27.0 Å². The van der Waals surface area contributed by atoms with Crippen molar-refractivity contribution in [2.45, 2.75) is 11.1 Å². The van der Waals surface area contributed by atoms with E-state index < -0.39 is 33.5 Å². The third-order valence-electron chi connectivity index (χ3n) is 4.61. The molecule has 0 fully saturated rings. The number of ketones is 1. The van der Waals surface area contributed by atoms with Gasteiger partial charge in [-0.25, -0.2) is 9.19 Å². The Morgan fingerprint density at radius 3 is 2.68 bits per heavy atom. The van der Waals surface area contributed by atoms with E-state index >= 15 is 0 Å². The first-order valence-electron chi connectivity index (χ1n) is 9.35. The molecular formula is C21H12Cl2F3N3O4S. The van der Waals surface area contributed by atoms with Gasteiger partial charge in [-0.15, -0.1) is 0 Å². The van der Waals surface area contributed by atoms with Crippen molar-refractivity contribution in [2.75, 3.05) is 16.6 Å². The van der Waals surface area contributed by atoms with Gasteiger partial charge in [0.15, 0.2) is 12.4 Å². The van der Waals surface area contributed by atoms with Crippen LogP contribution in [0.5, 0.6) is 5.75 Å². The molecule has 34 heavy (non-hydrogen) atoms. The number of aromatic nitrogens is 1. The van der Waals surface area contributed by atoms with Crippen molar-refractivity contribution in [1.82, 2.24) is 4.98 Å². The van der Waals surface area contributed by atoms with E-state index in [0.717, 1.165) is 12.1 Å². The molecule has 0 aliphatic carbocycles. The van der Waals surface area contributed by atoms with Crippen LogP contribution in [0.3, 0.4) is 0 Å². The molecule has 7 nitrogen and oxygen atoms in total.